The van der Waals surface area contributed by atoms with Gasteiger partial charge >= 0.3 is 0 Å². The van der Waals surface area contributed by atoms with Gasteiger partial charge in [-0.1, -0.05) is 24.3 Å². The fraction of sp³-hybridized carbons (Fsp3) is 0.269. The Morgan fingerprint density at radius 1 is 0.886 bits per heavy atom. The Hall–Kier alpha value is -3.72. The van der Waals surface area contributed by atoms with Crippen LogP contribution in [0.15, 0.2) is 71.6 Å². The predicted molar refractivity (Wildman–Crippen MR) is 133 cm³/mol. The monoisotopic (exact) mass is 496 g/mol. The zero-order chi connectivity index (χ0) is 25.0. The molecule has 8 nitrogen and oxygen atoms in total. The van der Waals surface area contributed by atoms with E-state index in [2.05, 4.69) is 6.07 Å². The maximum Gasteiger partial charge on any atom is 0.264 e. The number of nitrogens with zero attached hydrogens (tertiary/aromatic N) is 2. The third kappa shape index (κ3) is 5.05. The van der Waals surface area contributed by atoms with Gasteiger partial charge in [0.15, 0.2) is 11.5 Å². The van der Waals surface area contributed by atoms with Crippen molar-refractivity contribution in [3.8, 4) is 17.2 Å². The van der Waals surface area contributed by atoms with Crippen molar-refractivity contribution in [1.29, 1.82) is 0 Å². The summed E-state index contributed by atoms with van der Waals surface area (Å²) in [5, 5.41) is 0. The molecule has 0 fully saturated rings. The molecule has 0 saturated heterocycles. The normalized spacial score (nSPS) is 13.1. The van der Waals surface area contributed by atoms with Crippen molar-refractivity contribution in [3.63, 3.8) is 0 Å². The van der Waals surface area contributed by atoms with Crippen molar-refractivity contribution in [2.45, 2.75) is 17.9 Å². The highest BCUT2D eigenvalue weighted by Crippen LogP contribution is 2.33. The molecule has 4 rings (SSSR count). The highest BCUT2D eigenvalue weighted by molar-refractivity contribution is 7.92. The third-order valence-corrected chi connectivity index (χ3v) is 7.84. The van der Waals surface area contributed by atoms with E-state index in [0.717, 1.165) is 16.3 Å². The fourth-order valence-electron chi connectivity index (χ4n) is 4.10. The molecule has 0 bridgehead atoms. The SMILES string of the molecule is COc1ccc(N(CC(=O)N2CCc3ccccc3C2)S(=O)(=O)c2ccc(OC)c(OC)c2)cc1. The van der Waals surface area contributed by atoms with Crippen LogP contribution in [0.4, 0.5) is 5.69 Å². The van der Waals surface area contributed by atoms with Crippen molar-refractivity contribution in [2.24, 2.45) is 0 Å². The molecular weight excluding hydrogens is 468 g/mol. The Morgan fingerprint density at radius 2 is 1.57 bits per heavy atom. The molecule has 0 N–H and O–H groups in total. The van der Waals surface area contributed by atoms with Gasteiger partial charge in [-0.25, -0.2) is 8.42 Å². The number of carbonyl (C=O) groups excluding carboxylic acids is 1. The van der Waals surface area contributed by atoms with Crippen molar-refractivity contribution < 1.29 is 27.4 Å². The number of ether oxygens (including phenoxy) is 3. The molecule has 3 aromatic rings. The fourth-order valence-corrected chi connectivity index (χ4v) is 5.53. The number of rotatable bonds is 8. The Balaban J connectivity index is 1.68. The molecule has 0 atom stereocenters. The average Bonchev–Trinajstić information content (AvgIpc) is 2.90. The van der Waals surface area contributed by atoms with E-state index in [1.165, 1.54) is 45.1 Å². The summed E-state index contributed by atoms with van der Waals surface area (Å²) in [6, 6.07) is 18.9. The number of fused-ring (bicyclic) bond motifs is 1. The molecule has 35 heavy (non-hydrogen) atoms. The predicted octanol–water partition coefficient (Wildman–Crippen LogP) is 3.49. The second-order valence-electron chi connectivity index (χ2n) is 8.06. The Labute approximate surface area is 205 Å². The lowest BCUT2D eigenvalue weighted by Gasteiger charge is -2.32. The standard InChI is InChI=1S/C26H28N2O6S/c1-32-22-10-8-21(9-11-22)28(35(30,31)23-12-13-24(33-2)25(16-23)34-3)18-26(29)27-15-14-19-6-4-5-7-20(19)17-27/h4-13,16H,14-15,17-18H2,1-3H3. The quantitative estimate of drug-likeness (QED) is 0.475. The van der Waals surface area contributed by atoms with Gasteiger partial charge in [0.25, 0.3) is 10.0 Å². The van der Waals surface area contributed by atoms with Gasteiger partial charge in [0.2, 0.25) is 5.91 Å². The molecule has 0 saturated carbocycles. The molecule has 0 radical (unpaired) electrons. The van der Waals surface area contributed by atoms with Crippen LogP contribution in [0.1, 0.15) is 11.1 Å². The number of amides is 1. The summed E-state index contributed by atoms with van der Waals surface area (Å²) in [7, 11) is 0.332. The molecular formula is C26H28N2O6S. The van der Waals surface area contributed by atoms with E-state index in [1.54, 1.807) is 29.2 Å². The summed E-state index contributed by atoms with van der Waals surface area (Å²) in [6.07, 6.45) is 0.729. The van der Waals surface area contributed by atoms with Crippen LogP contribution in [0.25, 0.3) is 0 Å². The molecule has 1 amide bonds. The van der Waals surface area contributed by atoms with Gasteiger partial charge in [0, 0.05) is 19.2 Å². The zero-order valence-corrected chi connectivity index (χ0v) is 20.7. The summed E-state index contributed by atoms with van der Waals surface area (Å²) in [4.78, 5) is 15.1. The van der Waals surface area contributed by atoms with Gasteiger partial charge in [-0.05, 0) is 53.9 Å². The Bertz CT molecular complexity index is 1310. The van der Waals surface area contributed by atoms with Crippen LogP contribution >= 0.6 is 0 Å². The number of hydrogen-bond donors (Lipinski definition) is 0. The van der Waals surface area contributed by atoms with Crippen molar-refractivity contribution in [1.82, 2.24) is 4.90 Å². The molecule has 0 aromatic heterocycles. The van der Waals surface area contributed by atoms with Crippen LogP contribution in [0.3, 0.4) is 0 Å². The van der Waals surface area contributed by atoms with Crippen LogP contribution in [0.2, 0.25) is 0 Å². The summed E-state index contributed by atoms with van der Waals surface area (Å²) in [5.41, 5.74) is 2.64. The van der Waals surface area contributed by atoms with Crippen LogP contribution in [0.5, 0.6) is 17.2 Å². The van der Waals surface area contributed by atoms with E-state index < -0.39 is 10.0 Å². The number of methoxy groups -OCH3 is 3. The maximum absolute atomic E-state index is 13.8. The van der Waals surface area contributed by atoms with Crippen LogP contribution < -0.4 is 18.5 Å². The number of sulfonamides is 1. The minimum absolute atomic E-state index is 0.0113. The first kappa shape index (κ1) is 24.4. The van der Waals surface area contributed by atoms with Crippen molar-refractivity contribution >= 4 is 21.6 Å². The van der Waals surface area contributed by atoms with Gasteiger partial charge in [-0.2, -0.15) is 0 Å². The minimum Gasteiger partial charge on any atom is -0.497 e. The largest absolute Gasteiger partial charge is 0.497 e. The van der Waals surface area contributed by atoms with Gasteiger partial charge in [0.1, 0.15) is 12.3 Å². The topological polar surface area (TPSA) is 85.4 Å². The molecule has 0 aliphatic carbocycles. The first-order valence-corrected chi connectivity index (χ1v) is 12.5. The molecule has 0 unspecified atom stereocenters. The van der Waals surface area contributed by atoms with Crippen LogP contribution in [-0.2, 0) is 27.8 Å². The number of hydrogen-bond acceptors (Lipinski definition) is 6. The minimum atomic E-state index is -4.12. The number of benzene rings is 3. The Morgan fingerprint density at radius 3 is 2.23 bits per heavy atom. The highest BCUT2D eigenvalue weighted by Gasteiger charge is 2.31. The number of anilines is 1. The van der Waals surface area contributed by atoms with Crippen molar-refractivity contribution in [2.75, 3.05) is 38.7 Å². The molecule has 1 aliphatic rings. The van der Waals surface area contributed by atoms with E-state index in [-0.39, 0.29) is 23.1 Å². The molecule has 1 aliphatic heterocycles. The van der Waals surface area contributed by atoms with Gasteiger partial charge in [-0.3, -0.25) is 9.10 Å². The Kier molecular flexibility index (Phi) is 7.16. The molecule has 9 heteroatoms. The van der Waals surface area contributed by atoms with Crippen LogP contribution in [-0.4, -0.2) is 53.6 Å². The smallest absolute Gasteiger partial charge is 0.264 e. The third-order valence-electron chi connectivity index (χ3n) is 6.07. The zero-order valence-electron chi connectivity index (χ0n) is 19.9. The molecule has 3 aromatic carbocycles. The number of carbonyl (C=O) groups is 1. The first-order chi connectivity index (χ1) is 16.9. The summed E-state index contributed by atoms with van der Waals surface area (Å²) in [5.74, 6) is 0.989. The maximum atomic E-state index is 13.8. The lowest BCUT2D eigenvalue weighted by molar-refractivity contribution is -0.130. The first-order valence-electron chi connectivity index (χ1n) is 11.1. The summed E-state index contributed by atoms with van der Waals surface area (Å²) in [6.45, 7) is 0.635. The van der Waals surface area contributed by atoms with E-state index in [1.807, 2.05) is 18.2 Å². The molecule has 184 valence electrons. The molecule has 0 spiro atoms. The van der Waals surface area contributed by atoms with E-state index >= 15 is 0 Å². The van der Waals surface area contributed by atoms with E-state index in [9.17, 15) is 13.2 Å². The van der Waals surface area contributed by atoms with Gasteiger partial charge < -0.3 is 19.1 Å². The van der Waals surface area contributed by atoms with Gasteiger partial charge in [0.05, 0.1) is 31.9 Å². The lowest BCUT2D eigenvalue weighted by Crippen LogP contribution is -2.44. The summed E-state index contributed by atoms with van der Waals surface area (Å²) >= 11 is 0. The second kappa shape index (κ2) is 10.3. The second-order valence-corrected chi connectivity index (χ2v) is 9.92. The van der Waals surface area contributed by atoms with E-state index in [4.69, 9.17) is 14.2 Å². The summed E-state index contributed by atoms with van der Waals surface area (Å²) < 4.78 is 44.5. The molecule has 1 heterocycles. The lowest BCUT2D eigenvalue weighted by atomic mass is 10.00. The van der Waals surface area contributed by atoms with Crippen molar-refractivity contribution in [3.05, 3.63) is 77.9 Å². The van der Waals surface area contributed by atoms with Gasteiger partial charge in [-0.15, -0.1) is 0 Å². The van der Waals surface area contributed by atoms with E-state index in [0.29, 0.717) is 30.3 Å². The van der Waals surface area contributed by atoms with Crippen LogP contribution in [0, 0.1) is 0 Å². The average molecular weight is 497 g/mol. The highest BCUT2D eigenvalue weighted by atomic mass is 32.2.